The molecule has 0 amide bonds. The summed E-state index contributed by atoms with van der Waals surface area (Å²) in [6.07, 6.45) is 5.02. The van der Waals surface area contributed by atoms with E-state index < -0.39 is 29.0 Å². The molecule has 1 aromatic rings. The largest absolute Gasteiger partial charge is 0.493 e. The van der Waals surface area contributed by atoms with E-state index in [1.54, 1.807) is 6.92 Å². The van der Waals surface area contributed by atoms with Crippen LogP contribution in [0.4, 0.5) is 13.2 Å². The molecule has 1 saturated heterocycles. The van der Waals surface area contributed by atoms with Gasteiger partial charge in [-0.3, -0.25) is 0 Å². The Morgan fingerprint density at radius 1 is 1.11 bits per heavy atom. The molecule has 3 aliphatic rings. The van der Waals surface area contributed by atoms with Crippen LogP contribution in [0.15, 0.2) is 47.7 Å². The monoisotopic (exact) mass is 507 g/mol. The molecule has 1 fully saturated rings. The van der Waals surface area contributed by atoms with E-state index in [4.69, 9.17) is 19.9 Å². The molecule has 0 aromatic heterocycles. The van der Waals surface area contributed by atoms with Crippen LogP contribution in [0.25, 0.3) is 0 Å². The summed E-state index contributed by atoms with van der Waals surface area (Å²) in [5.41, 5.74) is 7.96. The smallest absolute Gasteiger partial charge is 0.416 e. The van der Waals surface area contributed by atoms with Crippen molar-refractivity contribution in [3.63, 3.8) is 0 Å². The molecule has 1 aliphatic heterocycles. The third-order valence-corrected chi connectivity index (χ3v) is 8.00. The van der Waals surface area contributed by atoms with Crippen molar-refractivity contribution in [2.75, 3.05) is 19.8 Å². The van der Waals surface area contributed by atoms with Crippen LogP contribution in [0.1, 0.15) is 76.3 Å². The third kappa shape index (κ3) is 6.53. The second-order valence-corrected chi connectivity index (χ2v) is 11.2. The van der Waals surface area contributed by atoms with Crippen molar-refractivity contribution in [3.05, 3.63) is 58.9 Å². The normalized spacial score (nSPS) is 27.6. The highest BCUT2D eigenvalue weighted by molar-refractivity contribution is 5.33. The number of ether oxygens (including phenoxy) is 3. The second kappa shape index (κ2) is 10.9. The SMILES string of the molecule is C[C@@H]1C(C(F)(F)F)=C(OCCCC2CCCc3ccccc32)C=CC1CCC1(N)COC(C)(C)OC1. The van der Waals surface area contributed by atoms with Crippen molar-refractivity contribution in [1.82, 2.24) is 0 Å². The van der Waals surface area contributed by atoms with E-state index in [9.17, 15) is 13.2 Å². The molecule has 2 aliphatic carbocycles. The van der Waals surface area contributed by atoms with Crippen LogP contribution < -0.4 is 5.73 Å². The number of hydrogen-bond donors (Lipinski definition) is 1. The summed E-state index contributed by atoms with van der Waals surface area (Å²) in [5.74, 6) is -1.24. The lowest BCUT2D eigenvalue weighted by Crippen LogP contribution is -2.57. The van der Waals surface area contributed by atoms with Gasteiger partial charge >= 0.3 is 6.18 Å². The van der Waals surface area contributed by atoms with Crippen LogP contribution in [0.3, 0.4) is 0 Å². The van der Waals surface area contributed by atoms with E-state index in [1.165, 1.54) is 17.2 Å². The molecule has 4 rings (SSSR count). The van der Waals surface area contributed by atoms with Crippen LogP contribution in [0, 0.1) is 11.8 Å². The molecule has 1 heterocycles. The minimum atomic E-state index is -4.44. The van der Waals surface area contributed by atoms with Crippen molar-refractivity contribution < 1.29 is 27.4 Å². The predicted octanol–water partition coefficient (Wildman–Crippen LogP) is 6.80. The first-order valence-corrected chi connectivity index (χ1v) is 13.2. The summed E-state index contributed by atoms with van der Waals surface area (Å²) < 4.78 is 59.4. The molecule has 2 N–H and O–H groups in total. The van der Waals surface area contributed by atoms with Crippen LogP contribution in [0.2, 0.25) is 0 Å². The van der Waals surface area contributed by atoms with Gasteiger partial charge in [0.25, 0.3) is 0 Å². The maximum absolute atomic E-state index is 14.1. The lowest BCUT2D eigenvalue weighted by atomic mass is 9.77. The van der Waals surface area contributed by atoms with Crippen LogP contribution >= 0.6 is 0 Å². The highest BCUT2D eigenvalue weighted by atomic mass is 19.4. The molecule has 2 unspecified atom stereocenters. The van der Waals surface area contributed by atoms with Gasteiger partial charge in [0.1, 0.15) is 5.76 Å². The lowest BCUT2D eigenvalue weighted by Gasteiger charge is -2.42. The maximum Gasteiger partial charge on any atom is 0.416 e. The Morgan fingerprint density at radius 2 is 1.83 bits per heavy atom. The summed E-state index contributed by atoms with van der Waals surface area (Å²) in [7, 11) is 0. The Kier molecular flexibility index (Phi) is 8.22. The third-order valence-electron chi connectivity index (χ3n) is 8.00. The summed E-state index contributed by atoms with van der Waals surface area (Å²) in [4.78, 5) is 0. The quantitative estimate of drug-likeness (QED) is 0.393. The van der Waals surface area contributed by atoms with E-state index in [-0.39, 0.29) is 18.3 Å². The number of hydrogen-bond acceptors (Lipinski definition) is 4. The molecule has 4 nitrogen and oxygen atoms in total. The van der Waals surface area contributed by atoms with E-state index in [2.05, 4.69) is 24.3 Å². The Hall–Kier alpha value is -1.83. The van der Waals surface area contributed by atoms with Crippen molar-refractivity contribution in [2.24, 2.45) is 17.6 Å². The van der Waals surface area contributed by atoms with Gasteiger partial charge in [0.15, 0.2) is 5.79 Å². The number of aryl methyl sites for hydroxylation is 1. The molecule has 0 saturated carbocycles. The second-order valence-electron chi connectivity index (χ2n) is 11.2. The van der Waals surface area contributed by atoms with Gasteiger partial charge in [-0.25, -0.2) is 0 Å². The average Bonchev–Trinajstić information content (AvgIpc) is 2.83. The van der Waals surface area contributed by atoms with Gasteiger partial charge in [-0.1, -0.05) is 37.3 Å². The van der Waals surface area contributed by atoms with Crippen molar-refractivity contribution in [3.8, 4) is 0 Å². The van der Waals surface area contributed by atoms with Gasteiger partial charge < -0.3 is 19.9 Å². The summed E-state index contributed by atoms with van der Waals surface area (Å²) in [6, 6.07) is 8.52. The van der Waals surface area contributed by atoms with Crippen molar-refractivity contribution >= 4 is 0 Å². The first-order valence-electron chi connectivity index (χ1n) is 13.2. The summed E-state index contributed by atoms with van der Waals surface area (Å²) in [6.45, 7) is 6.23. The van der Waals surface area contributed by atoms with Gasteiger partial charge in [0.05, 0.1) is 30.9 Å². The van der Waals surface area contributed by atoms with Gasteiger partial charge in [-0.2, -0.15) is 13.2 Å². The van der Waals surface area contributed by atoms with E-state index in [0.717, 1.165) is 32.1 Å². The number of fused-ring (bicyclic) bond motifs is 1. The first kappa shape index (κ1) is 27.2. The number of allylic oxidation sites excluding steroid dienone is 3. The van der Waals surface area contributed by atoms with Crippen molar-refractivity contribution in [1.29, 1.82) is 0 Å². The predicted molar refractivity (Wildman–Crippen MR) is 134 cm³/mol. The molecule has 7 heteroatoms. The molecule has 3 atom stereocenters. The van der Waals surface area contributed by atoms with Gasteiger partial charge in [-0.15, -0.1) is 0 Å². The first-order chi connectivity index (χ1) is 17.0. The molecule has 1 aromatic carbocycles. The van der Waals surface area contributed by atoms with E-state index in [1.807, 2.05) is 19.9 Å². The minimum Gasteiger partial charge on any atom is -0.493 e. The Bertz CT molecular complexity index is 959. The van der Waals surface area contributed by atoms with Crippen LogP contribution in [0.5, 0.6) is 0 Å². The number of alkyl halides is 3. The standard InChI is InChI=1S/C29H40F3NO3/c1-20-21(15-16-28(33)18-35-27(2,3)36-19-28)13-14-25(26(20)29(30,31)32)34-17-7-11-23-10-6-9-22-8-4-5-12-24(22)23/h4-5,8,12-14,20-21,23H,6-7,9-11,15-19,33H2,1-3H3/t20-,21?,23?/m0/s1. The van der Waals surface area contributed by atoms with Gasteiger partial charge in [0, 0.05) is 0 Å². The molecule has 0 radical (unpaired) electrons. The fourth-order valence-corrected chi connectivity index (χ4v) is 5.76. The molecule has 0 spiro atoms. The van der Waals surface area contributed by atoms with Gasteiger partial charge in [-0.05, 0) is 93.7 Å². The highest BCUT2D eigenvalue weighted by Gasteiger charge is 2.44. The van der Waals surface area contributed by atoms with Gasteiger partial charge in [0.2, 0.25) is 0 Å². The van der Waals surface area contributed by atoms with Crippen LogP contribution in [-0.4, -0.2) is 37.3 Å². The lowest BCUT2D eigenvalue weighted by molar-refractivity contribution is -0.267. The summed E-state index contributed by atoms with van der Waals surface area (Å²) in [5, 5.41) is 0. The van der Waals surface area contributed by atoms with Crippen molar-refractivity contribution in [2.45, 2.75) is 89.1 Å². The zero-order valence-electron chi connectivity index (χ0n) is 21.7. The molecule has 36 heavy (non-hydrogen) atoms. The fourth-order valence-electron chi connectivity index (χ4n) is 5.76. The minimum absolute atomic E-state index is 0.0381. The number of nitrogens with two attached hydrogens (primary N) is 1. The van der Waals surface area contributed by atoms with Crippen LogP contribution in [-0.2, 0) is 20.6 Å². The van der Waals surface area contributed by atoms with E-state index in [0.29, 0.717) is 32.0 Å². The number of benzene rings is 1. The highest BCUT2D eigenvalue weighted by Crippen LogP contribution is 2.43. The number of halogens is 3. The fraction of sp³-hybridized carbons (Fsp3) is 0.655. The average molecular weight is 508 g/mol. The Balaban J connectivity index is 1.33. The Labute approximate surface area is 213 Å². The summed E-state index contributed by atoms with van der Waals surface area (Å²) >= 11 is 0. The molecular weight excluding hydrogens is 467 g/mol. The molecule has 0 bridgehead atoms. The molecule has 200 valence electrons. The van der Waals surface area contributed by atoms with E-state index >= 15 is 0 Å². The molecular formula is C29H40F3NO3. The maximum atomic E-state index is 14.1. The Morgan fingerprint density at radius 3 is 2.56 bits per heavy atom. The topological polar surface area (TPSA) is 53.7 Å². The number of rotatable bonds is 8. The zero-order chi connectivity index (χ0) is 26.0. The zero-order valence-corrected chi connectivity index (χ0v) is 21.7.